The fourth-order valence-electron chi connectivity index (χ4n) is 0.718. The molecule has 10 heavy (non-hydrogen) atoms. The van der Waals surface area contributed by atoms with Gasteiger partial charge in [-0.15, -0.1) is 0 Å². The molecule has 0 unspecified atom stereocenters. The first-order chi connectivity index (χ1) is 4.50. The predicted octanol–water partition coefficient (Wildman–Crippen LogP) is 1.75. The molecule has 0 fully saturated rings. The van der Waals surface area contributed by atoms with E-state index in [4.69, 9.17) is 5.11 Å². The van der Waals surface area contributed by atoms with Crippen molar-refractivity contribution >= 4 is 14.5 Å². The summed E-state index contributed by atoms with van der Waals surface area (Å²) in [6.07, 6.45) is 0. The summed E-state index contributed by atoms with van der Waals surface area (Å²) >= 11 is 0.211. The minimum absolute atomic E-state index is 0.201. The maximum absolute atomic E-state index is 9.10. The Bertz CT molecular complexity index is 219. The van der Waals surface area contributed by atoms with E-state index < -0.39 is 0 Å². The average Bonchev–Trinajstić information content (AvgIpc) is 2.11. The quantitative estimate of drug-likeness (QED) is 0.637. The summed E-state index contributed by atoms with van der Waals surface area (Å²) in [4.78, 5) is 2.14. The Labute approximate surface area is 67.4 Å². The van der Waals surface area contributed by atoms with Crippen LogP contribution in [0.5, 0.6) is 4.62 Å². The van der Waals surface area contributed by atoms with E-state index in [0.717, 1.165) is 0 Å². The van der Waals surface area contributed by atoms with Gasteiger partial charge in [-0.25, -0.2) is 0 Å². The zero-order chi connectivity index (χ0) is 7.78. The fraction of sp³-hybridized carbons (Fsp3) is 0.500. The van der Waals surface area contributed by atoms with E-state index in [0.29, 0.717) is 4.62 Å². The van der Waals surface area contributed by atoms with Crippen LogP contribution in [-0.2, 0) is 5.41 Å². The molecular weight excluding hydrogens is 191 g/mol. The molecule has 0 saturated carbocycles. The average molecular weight is 203 g/mol. The van der Waals surface area contributed by atoms with E-state index >= 15 is 0 Å². The van der Waals surface area contributed by atoms with Gasteiger partial charge in [0, 0.05) is 0 Å². The monoisotopic (exact) mass is 204 g/mol. The van der Waals surface area contributed by atoms with E-state index in [-0.39, 0.29) is 19.9 Å². The van der Waals surface area contributed by atoms with Gasteiger partial charge in [0.1, 0.15) is 0 Å². The zero-order valence-electron chi connectivity index (χ0n) is 6.51. The summed E-state index contributed by atoms with van der Waals surface area (Å²) in [6, 6.07) is 1.89. The first kappa shape index (κ1) is 7.90. The molecular formula is C8H12OSe. The SMILES string of the molecule is CC(C)(C)c1c[se]c(O)c1. The molecule has 1 rings (SSSR count). The molecule has 1 nitrogen and oxygen atoms in total. The molecule has 0 aliphatic rings. The van der Waals surface area contributed by atoms with Crippen molar-refractivity contribution in [1.82, 2.24) is 0 Å². The van der Waals surface area contributed by atoms with Gasteiger partial charge in [-0.2, -0.15) is 0 Å². The summed E-state index contributed by atoms with van der Waals surface area (Å²) in [7, 11) is 0. The zero-order valence-corrected chi connectivity index (χ0v) is 8.22. The van der Waals surface area contributed by atoms with Crippen molar-refractivity contribution in [3.05, 3.63) is 16.6 Å². The van der Waals surface area contributed by atoms with Gasteiger partial charge in [0.2, 0.25) is 0 Å². The molecule has 0 aromatic carbocycles. The first-order valence-corrected chi connectivity index (χ1v) is 5.13. The fourth-order valence-corrected chi connectivity index (χ4v) is 2.53. The second-order valence-corrected chi connectivity index (χ2v) is 5.29. The molecule has 2 heteroatoms. The number of aromatic hydroxyl groups is 1. The van der Waals surface area contributed by atoms with Gasteiger partial charge >= 0.3 is 67.0 Å². The standard InChI is InChI=1S/C8H12OSe/c1-8(2,3)6-4-7(9)10-5-6/h4-5,9H,1-3H3. The van der Waals surface area contributed by atoms with Crippen LogP contribution in [0.3, 0.4) is 0 Å². The first-order valence-electron chi connectivity index (χ1n) is 3.28. The second kappa shape index (κ2) is 2.44. The molecule has 0 saturated heterocycles. The Balaban J connectivity index is 2.96. The van der Waals surface area contributed by atoms with Crippen LogP contribution in [0.2, 0.25) is 0 Å². The van der Waals surface area contributed by atoms with Crippen LogP contribution in [-0.4, -0.2) is 19.6 Å². The van der Waals surface area contributed by atoms with Crippen LogP contribution in [0.15, 0.2) is 11.0 Å². The van der Waals surface area contributed by atoms with Crippen LogP contribution in [0.25, 0.3) is 0 Å². The van der Waals surface area contributed by atoms with Crippen LogP contribution in [0, 0.1) is 0 Å². The topological polar surface area (TPSA) is 20.2 Å². The van der Waals surface area contributed by atoms with Crippen LogP contribution in [0.4, 0.5) is 0 Å². The molecule has 1 heterocycles. The number of rotatable bonds is 0. The van der Waals surface area contributed by atoms with E-state index in [9.17, 15) is 0 Å². The third kappa shape index (κ3) is 1.65. The molecule has 0 amide bonds. The van der Waals surface area contributed by atoms with Crippen molar-refractivity contribution in [2.24, 2.45) is 0 Å². The number of hydrogen-bond donors (Lipinski definition) is 1. The van der Waals surface area contributed by atoms with Gasteiger partial charge in [0.25, 0.3) is 0 Å². The molecule has 1 aromatic heterocycles. The van der Waals surface area contributed by atoms with Crippen molar-refractivity contribution in [2.75, 3.05) is 0 Å². The second-order valence-electron chi connectivity index (χ2n) is 3.42. The molecule has 0 spiro atoms. The third-order valence-electron chi connectivity index (χ3n) is 1.45. The normalized spacial score (nSPS) is 11.9. The number of hydrogen-bond acceptors (Lipinski definition) is 1. The van der Waals surface area contributed by atoms with Crippen molar-refractivity contribution in [3.8, 4) is 4.62 Å². The summed E-state index contributed by atoms with van der Waals surface area (Å²) in [6.45, 7) is 6.47. The Hall–Kier alpha value is -0.201. The van der Waals surface area contributed by atoms with Gasteiger partial charge in [0.15, 0.2) is 0 Å². The Morgan fingerprint density at radius 2 is 2.00 bits per heavy atom. The predicted molar refractivity (Wildman–Crippen MR) is 43.7 cm³/mol. The van der Waals surface area contributed by atoms with Crippen molar-refractivity contribution in [2.45, 2.75) is 26.2 Å². The Morgan fingerprint density at radius 1 is 1.40 bits per heavy atom. The van der Waals surface area contributed by atoms with Crippen LogP contribution in [0.1, 0.15) is 26.3 Å². The Kier molecular flexibility index (Phi) is 1.93. The van der Waals surface area contributed by atoms with Gasteiger partial charge in [-0.1, -0.05) is 0 Å². The van der Waals surface area contributed by atoms with E-state index in [1.54, 1.807) is 0 Å². The van der Waals surface area contributed by atoms with Crippen molar-refractivity contribution < 1.29 is 5.11 Å². The maximum atomic E-state index is 9.10. The van der Waals surface area contributed by atoms with E-state index in [2.05, 4.69) is 25.7 Å². The van der Waals surface area contributed by atoms with Gasteiger partial charge in [0.05, 0.1) is 0 Å². The van der Waals surface area contributed by atoms with Gasteiger partial charge in [-0.05, 0) is 0 Å². The van der Waals surface area contributed by atoms with Crippen LogP contribution >= 0.6 is 0 Å². The third-order valence-corrected chi connectivity index (χ3v) is 2.99. The Morgan fingerprint density at radius 3 is 2.20 bits per heavy atom. The molecule has 0 radical (unpaired) electrons. The molecule has 0 aliphatic carbocycles. The molecule has 0 atom stereocenters. The van der Waals surface area contributed by atoms with Crippen molar-refractivity contribution in [3.63, 3.8) is 0 Å². The molecule has 1 N–H and O–H groups in total. The summed E-state index contributed by atoms with van der Waals surface area (Å²) in [5, 5.41) is 9.10. The van der Waals surface area contributed by atoms with Gasteiger partial charge in [-0.3, -0.25) is 0 Å². The summed E-state index contributed by atoms with van der Waals surface area (Å²) in [5.74, 6) is 0. The molecule has 56 valence electrons. The van der Waals surface area contributed by atoms with Crippen molar-refractivity contribution in [1.29, 1.82) is 0 Å². The van der Waals surface area contributed by atoms with E-state index in [1.165, 1.54) is 5.56 Å². The van der Waals surface area contributed by atoms with Crippen LogP contribution < -0.4 is 0 Å². The summed E-state index contributed by atoms with van der Waals surface area (Å²) in [5.41, 5.74) is 1.47. The molecule has 0 bridgehead atoms. The minimum atomic E-state index is 0.201. The van der Waals surface area contributed by atoms with E-state index in [1.807, 2.05) is 6.07 Å². The molecule has 0 aliphatic heterocycles. The molecule has 1 aromatic rings. The van der Waals surface area contributed by atoms with Gasteiger partial charge < -0.3 is 0 Å². The summed E-state index contributed by atoms with van der Waals surface area (Å²) < 4.78 is 0.553.